The molecule has 1 fully saturated rings. The third kappa shape index (κ3) is 4.93. The van der Waals surface area contributed by atoms with Gasteiger partial charge in [-0.05, 0) is 43.5 Å². The van der Waals surface area contributed by atoms with Gasteiger partial charge in [0.2, 0.25) is 5.75 Å². The SMILES string of the molecule is COc1cc(/C=C/C(=O)O[C@@H](C)C(=O)NC2CCCC2)cc2c1OCCO2. The van der Waals surface area contributed by atoms with Crippen molar-refractivity contribution in [3.8, 4) is 17.2 Å². The Hall–Kier alpha value is -2.70. The van der Waals surface area contributed by atoms with Crippen LogP contribution in [0.2, 0.25) is 0 Å². The molecule has 1 aliphatic heterocycles. The molecule has 1 N–H and O–H groups in total. The van der Waals surface area contributed by atoms with Crippen molar-refractivity contribution in [3.05, 3.63) is 23.8 Å². The molecule has 7 heteroatoms. The maximum Gasteiger partial charge on any atom is 0.331 e. The van der Waals surface area contributed by atoms with Gasteiger partial charge >= 0.3 is 5.97 Å². The lowest BCUT2D eigenvalue weighted by atomic mass is 10.1. The Kier molecular flexibility index (Phi) is 6.21. The first kappa shape index (κ1) is 19.1. The summed E-state index contributed by atoms with van der Waals surface area (Å²) < 4.78 is 21.6. The average Bonchev–Trinajstić information content (AvgIpc) is 3.18. The molecule has 1 aromatic carbocycles. The van der Waals surface area contributed by atoms with Gasteiger partial charge in [-0.2, -0.15) is 0 Å². The molecule has 1 heterocycles. The van der Waals surface area contributed by atoms with Gasteiger partial charge < -0.3 is 24.3 Å². The molecule has 0 unspecified atom stereocenters. The Morgan fingerprint density at radius 1 is 1.22 bits per heavy atom. The molecule has 0 bridgehead atoms. The highest BCUT2D eigenvalue weighted by Gasteiger charge is 2.22. The lowest BCUT2D eigenvalue weighted by Crippen LogP contribution is -2.40. The fourth-order valence-corrected chi connectivity index (χ4v) is 3.21. The van der Waals surface area contributed by atoms with Crippen molar-refractivity contribution < 1.29 is 28.5 Å². The minimum absolute atomic E-state index is 0.194. The maximum atomic E-state index is 12.1. The van der Waals surface area contributed by atoms with Crippen LogP contribution in [0.3, 0.4) is 0 Å². The van der Waals surface area contributed by atoms with Crippen LogP contribution in [0.15, 0.2) is 18.2 Å². The normalized spacial score (nSPS) is 17.6. The molecule has 27 heavy (non-hydrogen) atoms. The Morgan fingerprint density at radius 3 is 2.70 bits per heavy atom. The molecule has 3 rings (SSSR count). The summed E-state index contributed by atoms with van der Waals surface area (Å²) >= 11 is 0. The van der Waals surface area contributed by atoms with Crippen molar-refractivity contribution in [3.63, 3.8) is 0 Å². The molecular weight excluding hydrogens is 350 g/mol. The van der Waals surface area contributed by atoms with Gasteiger partial charge in [0.25, 0.3) is 5.91 Å². The number of ether oxygens (including phenoxy) is 4. The number of carbonyl (C=O) groups is 2. The monoisotopic (exact) mass is 375 g/mol. The van der Waals surface area contributed by atoms with Crippen LogP contribution in [0.1, 0.15) is 38.2 Å². The lowest BCUT2D eigenvalue weighted by Gasteiger charge is -2.21. The number of fused-ring (bicyclic) bond motifs is 1. The minimum Gasteiger partial charge on any atom is -0.493 e. The summed E-state index contributed by atoms with van der Waals surface area (Å²) in [5, 5.41) is 2.92. The van der Waals surface area contributed by atoms with Crippen LogP contribution in [0.5, 0.6) is 17.2 Å². The Balaban J connectivity index is 1.58. The average molecular weight is 375 g/mol. The Labute approximate surface area is 158 Å². The van der Waals surface area contributed by atoms with E-state index >= 15 is 0 Å². The van der Waals surface area contributed by atoms with Crippen LogP contribution in [0.25, 0.3) is 6.08 Å². The van der Waals surface area contributed by atoms with Crippen LogP contribution in [0, 0.1) is 0 Å². The Bertz CT molecular complexity index is 706. The molecular formula is C20H25NO6. The predicted molar refractivity (Wildman–Crippen MR) is 99.0 cm³/mol. The van der Waals surface area contributed by atoms with Gasteiger partial charge in [0.05, 0.1) is 7.11 Å². The van der Waals surface area contributed by atoms with Gasteiger partial charge in [0.1, 0.15) is 13.2 Å². The zero-order chi connectivity index (χ0) is 19.2. The number of nitrogens with one attached hydrogen (secondary N) is 1. The maximum absolute atomic E-state index is 12.1. The van der Waals surface area contributed by atoms with Gasteiger partial charge in [-0.3, -0.25) is 4.79 Å². The largest absolute Gasteiger partial charge is 0.493 e. The Morgan fingerprint density at radius 2 is 1.96 bits per heavy atom. The third-order valence-corrected chi connectivity index (χ3v) is 4.63. The van der Waals surface area contributed by atoms with Crippen molar-refractivity contribution >= 4 is 18.0 Å². The van der Waals surface area contributed by atoms with E-state index in [2.05, 4.69) is 5.32 Å². The predicted octanol–water partition coefficient (Wildman–Crippen LogP) is 2.47. The molecule has 0 radical (unpaired) electrons. The zero-order valence-corrected chi connectivity index (χ0v) is 15.7. The van der Waals surface area contributed by atoms with E-state index in [1.807, 2.05) is 0 Å². The van der Waals surface area contributed by atoms with Crippen molar-refractivity contribution in [2.75, 3.05) is 20.3 Å². The summed E-state index contributed by atoms with van der Waals surface area (Å²) in [5.41, 5.74) is 0.705. The number of carbonyl (C=O) groups excluding carboxylic acids is 2. The number of methoxy groups -OCH3 is 1. The van der Waals surface area contributed by atoms with Crippen LogP contribution in [-0.4, -0.2) is 44.3 Å². The highest BCUT2D eigenvalue weighted by Crippen LogP contribution is 2.40. The molecule has 146 valence electrons. The van der Waals surface area contributed by atoms with E-state index in [1.54, 1.807) is 32.2 Å². The molecule has 1 amide bonds. The second-order valence-corrected chi connectivity index (χ2v) is 6.65. The van der Waals surface area contributed by atoms with Crippen LogP contribution >= 0.6 is 0 Å². The summed E-state index contributed by atoms with van der Waals surface area (Å²) in [6, 6.07) is 3.70. The minimum atomic E-state index is -0.836. The number of hydrogen-bond acceptors (Lipinski definition) is 6. The van der Waals surface area contributed by atoms with Crippen molar-refractivity contribution in [1.82, 2.24) is 5.32 Å². The van der Waals surface area contributed by atoms with E-state index in [9.17, 15) is 9.59 Å². The lowest BCUT2D eigenvalue weighted by molar-refractivity contribution is -0.150. The van der Waals surface area contributed by atoms with Crippen molar-refractivity contribution in [2.24, 2.45) is 0 Å². The van der Waals surface area contributed by atoms with Gasteiger partial charge in [-0.25, -0.2) is 4.79 Å². The first-order valence-corrected chi connectivity index (χ1v) is 9.23. The number of benzene rings is 1. The molecule has 1 saturated carbocycles. The molecule has 0 aromatic heterocycles. The molecule has 2 aliphatic rings. The fraction of sp³-hybridized carbons (Fsp3) is 0.500. The highest BCUT2D eigenvalue weighted by molar-refractivity contribution is 5.90. The second kappa shape index (κ2) is 8.79. The number of hydrogen-bond donors (Lipinski definition) is 1. The van der Waals surface area contributed by atoms with Crippen LogP contribution in [0.4, 0.5) is 0 Å². The quantitative estimate of drug-likeness (QED) is 0.608. The molecule has 0 spiro atoms. The number of rotatable bonds is 6. The first-order chi connectivity index (χ1) is 13.1. The third-order valence-electron chi connectivity index (χ3n) is 4.63. The molecule has 7 nitrogen and oxygen atoms in total. The standard InChI is InChI=1S/C20H25NO6/c1-13(20(23)21-15-5-3-4-6-15)27-18(22)8-7-14-11-16(24-2)19-17(12-14)25-9-10-26-19/h7-8,11-13,15H,3-6,9-10H2,1-2H3,(H,21,23)/b8-7+/t13-/m0/s1. The van der Waals surface area contributed by atoms with Crippen LogP contribution < -0.4 is 19.5 Å². The fourth-order valence-electron chi connectivity index (χ4n) is 3.21. The summed E-state index contributed by atoms with van der Waals surface area (Å²) in [6.45, 7) is 2.49. The number of amides is 1. The van der Waals surface area contributed by atoms with E-state index in [-0.39, 0.29) is 11.9 Å². The number of esters is 1. The van der Waals surface area contributed by atoms with Crippen molar-refractivity contribution in [2.45, 2.75) is 44.8 Å². The summed E-state index contributed by atoms with van der Waals surface area (Å²) in [4.78, 5) is 24.1. The van der Waals surface area contributed by atoms with E-state index in [1.165, 1.54) is 6.08 Å². The van der Waals surface area contributed by atoms with E-state index in [0.717, 1.165) is 25.7 Å². The first-order valence-electron chi connectivity index (χ1n) is 9.23. The second-order valence-electron chi connectivity index (χ2n) is 6.65. The summed E-state index contributed by atoms with van der Waals surface area (Å²) in [6.07, 6.45) is 6.25. The molecule has 1 atom stereocenters. The zero-order valence-electron chi connectivity index (χ0n) is 15.7. The van der Waals surface area contributed by atoms with Crippen molar-refractivity contribution in [1.29, 1.82) is 0 Å². The highest BCUT2D eigenvalue weighted by atomic mass is 16.6. The van der Waals surface area contributed by atoms with E-state index < -0.39 is 12.1 Å². The summed E-state index contributed by atoms with van der Waals surface area (Å²) in [5.74, 6) is 0.811. The molecule has 0 saturated heterocycles. The van der Waals surface area contributed by atoms with E-state index in [0.29, 0.717) is 36.0 Å². The smallest absolute Gasteiger partial charge is 0.331 e. The van der Waals surface area contributed by atoms with Gasteiger partial charge in [0, 0.05) is 12.1 Å². The van der Waals surface area contributed by atoms with Crippen LogP contribution in [-0.2, 0) is 14.3 Å². The van der Waals surface area contributed by atoms with Gasteiger partial charge in [-0.15, -0.1) is 0 Å². The van der Waals surface area contributed by atoms with E-state index in [4.69, 9.17) is 18.9 Å². The summed E-state index contributed by atoms with van der Waals surface area (Å²) in [7, 11) is 1.54. The van der Waals surface area contributed by atoms with Gasteiger partial charge in [0.15, 0.2) is 17.6 Å². The topological polar surface area (TPSA) is 83.1 Å². The molecule has 1 aromatic rings. The molecule has 1 aliphatic carbocycles. The van der Waals surface area contributed by atoms with Gasteiger partial charge in [-0.1, -0.05) is 12.8 Å².